The molecule has 0 aliphatic rings. The van der Waals surface area contributed by atoms with Crippen LogP contribution in [0.5, 0.6) is 0 Å². The third kappa shape index (κ3) is 5.12. The van der Waals surface area contributed by atoms with Crippen LogP contribution in [0, 0.1) is 0 Å². The molecule has 0 aliphatic carbocycles. The summed E-state index contributed by atoms with van der Waals surface area (Å²) in [6, 6.07) is 55.8. The Morgan fingerprint density at radius 2 is 0.870 bits per heavy atom. The van der Waals surface area contributed by atoms with Gasteiger partial charge in [0.05, 0.1) is 0 Å². The van der Waals surface area contributed by atoms with Crippen LogP contribution < -0.4 is 0 Å². The number of benzene rings is 7. The molecule has 7 aromatic carbocycles. The van der Waals surface area contributed by atoms with E-state index < -0.39 is 0 Å². The molecule has 0 atom stereocenters. The van der Waals surface area contributed by atoms with Gasteiger partial charge in [-0.15, -0.1) is 0 Å². The van der Waals surface area contributed by atoms with Crippen molar-refractivity contribution in [2.45, 2.75) is 13.3 Å². The van der Waals surface area contributed by atoms with Gasteiger partial charge in [0.2, 0.25) is 0 Å². The second-order valence-electron chi connectivity index (χ2n) is 11.5. The van der Waals surface area contributed by atoms with Crippen molar-refractivity contribution in [3.05, 3.63) is 164 Å². The van der Waals surface area contributed by atoms with Gasteiger partial charge in [-0.25, -0.2) is 15.0 Å². The molecule has 0 amide bonds. The van der Waals surface area contributed by atoms with E-state index in [2.05, 4.69) is 165 Å². The predicted molar refractivity (Wildman–Crippen MR) is 191 cm³/mol. The van der Waals surface area contributed by atoms with Crippen LogP contribution in [0.4, 0.5) is 0 Å². The number of aryl methyl sites for hydroxylation is 1. The maximum absolute atomic E-state index is 5.00. The number of nitrogens with zero attached hydrogens (tertiary/aromatic N) is 3. The Bertz CT molecular complexity index is 2340. The zero-order chi connectivity index (χ0) is 30.9. The van der Waals surface area contributed by atoms with E-state index in [1.807, 2.05) is 0 Å². The molecule has 0 bridgehead atoms. The zero-order valence-electron chi connectivity index (χ0n) is 25.6. The van der Waals surface area contributed by atoms with Crippen molar-refractivity contribution in [3.8, 4) is 56.2 Å². The van der Waals surface area contributed by atoms with Gasteiger partial charge in [-0.1, -0.05) is 159 Å². The van der Waals surface area contributed by atoms with Crippen molar-refractivity contribution in [2.75, 3.05) is 0 Å². The number of hydrogen-bond acceptors (Lipinski definition) is 3. The van der Waals surface area contributed by atoms with Crippen molar-refractivity contribution in [1.82, 2.24) is 15.0 Å². The Morgan fingerprint density at radius 1 is 0.370 bits per heavy atom. The molecule has 0 N–H and O–H groups in total. The molecular formula is C43H31N3. The summed E-state index contributed by atoms with van der Waals surface area (Å²) < 4.78 is 0. The quantitative estimate of drug-likeness (QED) is 0.194. The van der Waals surface area contributed by atoms with Crippen LogP contribution in [0.1, 0.15) is 12.7 Å². The number of hydrogen-bond donors (Lipinski definition) is 0. The molecule has 0 unspecified atom stereocenters. The number of rotatable bonds is 6. The van der Waals surface area contributed by atoms with Crippen LogP contribution in [-0.4, -0.2) is 15.0 Å². The van der Waals surface area contributed by atoms with Gasteiger partial charge in [0.15, 0.2) is 11.6 Å². The van der Waals surface area contributed by atoms with Crippen molar-refractivity contribution in [1.29, 1.82) is 0 Å². The summed E-state index contributed by atoms with van der Waals surface area (Å²) in [5.41, 5.74) is 9.10. The molecule has 46 heavy (non-hydrogen) atoms. The van der Waals surface area contributed by atoms with E-state index in [4.69, 9.17) is 15.0 Å². The molecule has 0 spiro atoms. The summed E-state index contributed by atoms with van der Waals surface area (Å²) in [6.45, 7) is 2.09. The molecule has 0 fully saturated rings. The fourth-order valence-electron chi connectivity index (χ4n) is 6.36. The molecule has 0 saturated heterocycles. The lowest BCUT2D eigenvalue weighted by atomic mass is 9.91. The summed E-state index contributed by atoms with van der Waals surface area (Å²) in [4.78, 5) is 14.7. The van der Waals surface area contributed by atoms with E-state index in [1.165, 1.54) is 49.4 Å². The van der Waals surface area contributed by atoms with Crippen LogP contribution >= 0.6 is 0 Å². The first-order chi connectivity index (χ1) is 22.7. The lowest BCUT2D eigenvalue weighted by Crippen LogP contribution is -2.02. The monoisotopic (exact) mass is 589 g/mol. The van der Waals surface area contributed by atoms with Crippen LogP contribution in [0.2, 0.25) is 0 Å². The molecule has 8 rings (SSSR count). The highest BCUT2D eigenvalue weighted by molar-refractivity contribution is 6.05. The average Bonchev–Trinajstić information content (AvgIpc) is 3.14. The Balaban J connectivity index is 1.17. The van der Waals surface area contributed by atoms with Gasteiger partial charge < -0.3 is 0 Å². The Labute approximate surface area is 268 Å². The van der Waals surface area contributed by atoms with Gasteiger partial charge in [0.25, 0.3) is 0 Å². The summed E-state index contributed by atoms with van der Waals surface area (Å²) in [6.07, 6.45) is 0.724. The standard InChI is InChI=1S/C43H31N3/c1-2-41-44-42(32-24-22-31(23-25-32)36-21-11-15-30-14-6-7-18-35(30)36)46-43(45-41)34-17-10-16-33(28-34)38-27-26-37(29-12-4-3-5-13-29)39-19-8-9-20-40(38)39/h3-28H,2H2,1H3. The molecule has 1 heterocycles. The van der Waals surface area contributed by atoms with Crippen molar-refractivity contribution in [2.24, 2.45) is 0 Å². The van der Waals surface area contributed by atoms with Crippen LogP contribution in [-0.2, 0) is 6.42 Å². The predicted octanol–water partition coefficient (Wildman–Crippen LogP) is 11.1. The Morgan fingerprint density at radius 3 is 1.61 bits per heavy atom. The second-order valence-corrected chi connectivity index (χ2v) is 11.5. The number of aromatic nitrogens is 3. The van der Waals surface area contributed by atoms with E-state index in [9.17, 15) is 0 Å². The van der Waals surface area contributed by atoms with Crippen LogP contribution in [0.25, 0.3) is 77.7 Å². The molecule has 3 heteroatoms. The maximum atomic E-state index is 5.00. The van der Waals surface area contributed by atoms with Crippen molar-refractivity contribution < 1.29 is 0 Å². The second kappa shape index (κ2) is 11.9. The van der Waals surface area contributed by atoms with Crippen molar-refractivity contribution >= 4 is 21.5 Å². The lowest BCUT2D eigenvalue weighted by molar-refractivity contribution is 0.910. The first-order valence-electron chi connectivity index (χ1n) is 15.8. The molecule has 0 saturated carbocycles. The Hall–Kier alpha value is -5.93. The van der Waals surface area contributed by atoms with E-state index in [-0.39, 0.29) is 0 Å². The Kier molecular flexibility index (Phi) is 7.12. The highest BCUT2D eigenvalue weighted by atomic mass is 15.0. The van der Waals surface area contributed by atoms with E-state index >= 15 is 0 Å². The summed E-state index contributed by atoms with van der Waals surface area (Å²) in [5, 5.41) is 4.94. The smallest absolute Gasteiger partial charge is 0.163 e. The fraction of sp³-hybridized carbons (Fsp3) is 0.0465. The SMILES string of the molecule is CCc1nc(-c2ccc(-c3cccc4ccccc34)cc2)nc(-c2cccc(-c3ccc(-c4ccccc4)c4ccccc34)c2)n1. The molecular weight excluding hydrogens is 558 g/mol. The third-order valence-electron chi connectivity index (χ3n) is 8.68. The van der Waals surface area contributed by atoms with Crippen molar-refractivity contribution in [3.63, 3.8) is 0 Å². The van der Waals surface area contributed by atoms with Gasteiger partial charge in [0, 0.05) is 17.5 Å². The third-order valence-corrected chi connectivity index (χ3v) is 8.68. The van der Waals surface area contributed by atoms with E-state index in [0.717, 1.165) is 28.9 Å². The largest absolute Gasteiger partial charge is 0.213 e. The first kappa shape index (κ1) is 27.6. The molecule has 0 radical (unpaired) electrons. The highest BCUT2D eigenvalue weighted by Crippen LogP contribution is 2.37. The topological polar surface area (TPSA) is 38.7 Å². The normalized spacial score (nSPS) is 11.2. The summed E-state index contributed by atoms with van der Waals surface area (Å²) >= 11 is 0. The maximum Gasteiger partial charge on any atom is 0.163 e. The molecule has 218 valence electrons. The van der Waals surface area contributed by atoms with Crippen LogP contribution in [0.3, 0.4) is 0 Å². The number of fused-ring (bicyclic) bond motifs is 2. The summed E-state index contributed by atoms with van der Waals surface area (Å²) in [7, 11) is 0. The van der Waals surface area contributed by atoms with E-state index in [1.54, 1.807) is 0 Å². The minimum Gasteiger partial charge on any atom is -0.213 e. The average molecular weight is 590 g/mol. The van der Waals surface area contributed by atoms with Gasteiger partial charge in [0.1, 0.15) is 5.82 Å². The molecule has 8 aromatic rings. The summed E-state index contributed by atoms with van der Waals surface area (Å²) in [5.74, 6) is 2.16. The van der Waals surface area contributed by atoms with Gasteiger partial charge >= 0.3 is 0 Å². The van der Waals surface area contributed by atoms with E-state index in [0.29, 0.717) is 11.6 Å². The van der Waals surface area contributed by atoms with Gasteiger partial charge in [-0.2, -0.15) is 0 Å². The van der Waals surface area contributed by atoms with Gasteiger partial charge in [-0.05, 0) is 61.0 Å². The van der Waals surface area contributed by atoms with Gasteiger partial charge in [-0.3, -0.25) is 0 Å². The minimum atomic E-state index is 0.687. The highest BCUT2D eigenvalue weighted by Gasteiger charge is 2.14. The minimum absolute atomic E-state index is 0.687. The molecule has 3 nitrogen and oxygen atoms in total. The molecule has 0 aliphatic heterocycles. The first-order valence-corrected chi connectivity index (χ1v) is 15.8. The van der Waals surface area contributed by atoms with Crippen LogP contribution in [0.15, 0.2) is 158 Å². The molecule has 1 aromatic heterocycles. The fourth-order valence-corrected chi connectivity index (χ4v) is 6.36. The lowest BCUT2D eigenvalue weighted by Gasteiger charge is -2.13. The zero-order valence-corrected chi connectivity index (χ0v) is 25.6.